The molecule has 3 N–H and O–H groups in total. The van der Waals surface area contributed by atoms with Crippen LogP contribution in [0.3, 0.4) is 0 Å². The minimum atomic E-state index is -3.77. The number of pyridine rings is 1. The van der Waals surface area contributed by atoms with E-state index in [9.17, 15) is 8.42 Å². The number of rotatable bonds is 4. The molecule has 0 saturated heterocycles. The lowest BCUT2D eigenvalue weighted by Crippen LogP contribution is -2.28. The Bertz CT molecular complexity index is 681. The van der Waals surface area contributed by atoms with Crippen LogP contribution in [0.1, 0.15) is 24.6 Å². The molecule has 0 amide bonds. The van der Waals surface area contributed by atoms with Crippen LogP contribution in [0, 0.1) is 6.92 Å². The highest BCUT2D eigenvalue weighted by molar-refractivity contribution is 7.89. The van der Waals surface area contributed by atoms with Crippen LogP contribution >= 0.6 is 0 Å². The molecule has 1 unspecified atom stereocenters. The second-order valence-electron chi connectivity index (χ2n) is 4.04. The molecule has 0 aliphatic heterocycles. The maximum atomic E-state index is 12.1. The first-order chi connectivity index (χ1) is 8.90. The van der Waals surface area contributed by atoms with E-state index in [1.165, 1.54) is 24.5 Å². The van der Waals surface area contributed by atoms with E-state index in [0.717, 1.165) is 0 Å². The quantitative estimate of drug-likeness (QED) is 0.865. The third-order valence-corrected chi connectivity index (χ3v) is 4.02. The summed E-state index contributed by atoms with van der Waals surface area (Å²) in [5, 5.41) is 0. The lowest BCUT2D eigenvalue weighted by molar-refractivity contribution is 0.428. The Morgan fingerprint density at radius 2 is 2.16 bits per heavy atom. The monoisotopic (exact) mass is 282 g/mol. The lowest BCUT2D eigenvalue weighted by atomic mass is 10.4. The van der Waals surface area contributed by atoms with Crippen LogP contribution in [0.25, 0.3) is 0 Å². The molecule has 0 spiro atoms. The lowest BCUT2D eigenvalue weighted by Gasteiger charge is -2.12. The van der Waals surface area contributed by atoms with E-state index in [0.29, 0.717) is 11.7 Å². The molecule has 2 aromatic rings. The highest BCUT2D eigenvalue weighted by Crippen LogP contribution is 2.19. The molecule has 7 nitrogen and oxygen atoms in total. The zero-order chi connectivity index (χ0) is 14.0. The predicted molar refractivity (Wildman–Crippen MR) is 68.6 cm³/mol. The molecule has 0 bridgehead atoms. The summed E-state index contributed by atoms with van der Waals surface area (Å²) in [7, 11) is -3.77. The first kappa shape index (κ1) is 13.5. The van der Waals surface area contributed by atoms with Crippen molar-refractivity contribution in [1.29, 1.82) is 0 Å². The van der Waals surface area contributed by atoms with Crippen LogP contribution in [0.15, 0.2) is 33.8 Å². The van der Waals surface area contributed by atoms with Crippen molar-refractivity contribution in [3.05, 3.63) is 36.2 Å². The van der Waals surface area contributed by atoms with Gasteiger partial charge in [-0.25, -0.2) is 18.4 Å². The highest BCUT2D eigenvalue weighted by Gasteiger charge is 2.23. The van der Waals surface area contributed by atoms with E-state index < -0.39 is 16.1 Å². The van der Waals surface area contributed by atoms with Crippen molar-refractivity contribution in [3.8, 4) is 0 Å². The molecular weight excluding hydrogens is 268 g/mol. The van der Waals surface area contributed by atoms with E-state index in [4.69, 9.17) is 10.2 Å². The number of nitrogens with zero attached hydrogens (tertiary/aromatic N) is 2. The van der Waals surface area contributed by atoms with Crippen LogP contribution < -0.4 is 10.5 Å². The molecule has 2 heterocycles. The van der Waals surface area contributed by atoms with Crippen molar-refractivity contribution in [2.24, 2.45) is 0 Å². The average molecular weight is 282 g/mol. The van der Waals surface area contributed by atoms with Gasteiger partial charge in [0.05, 0.1) is 12.2 Å². The summed E-state index contributed by atoms with van der Waals surface area (Å²) >= 11 is 0. The first-order valence-corrected chi connectivity index (χ1v) is 7.03. The molecule has 1 atom stereocenters. The Morgan fingerprint density at radius 1 is 1.42 bits per heavy atom. The molecule has 19 heavy (non-hydrogen) atoms. The number of hydrogen-bond acceptors (Lipinski definition) is 6. The van der Waals surface area contributed by atoms with Gasteiger partial charge in [0.1, 0.15) is 16.5 Å². The molecule has 0 saturated carbocycles. The number of sulfonamides is 1. The van der Waals surface area contributed by atoms with Gasteiger partial charge < -0.3 is 10.2 Å². The van der Waals surface area contributed by atoms with Crippen molar-refractivity contribution in [2.75, 3.05) is 5.73 Å². The van der Waals surface area contributed by atoms with Crippen LogP contribution in [-0.2, 0) is 10.0 Å². The first-order valence-electron chi connectivity index (χ1n) is 5.55. The summed E-state index contributed by atoms with van der Waals surface area (Å²) < 4.78 is 32.0. The van der Waals surface area contributed by atoms with Gasteiger partial charge in [0.25, 0.3) is 0 Å². The standard InChI is InChI=1S/C11H14N4O3S/c1-7-6-14-11(18-7)8(2)15-19(16,17)9-4-3-5-13-10(9)12/h3-6,8,15H,1-2H3,(H2,12,13). The van der Waals surface area contributed by atoms with Crippen LogP contribution in [0.5, 0.6) is 0 Å². The van der Waals surface area contributed by atoms with Gasteiger partial charge in [0.2, 0.25) is 15.9 Å². The number of nitrogens with two attached hydrogens (primary N) is 1. The number of aromatic nitrogens is 2. The van der Waals surface area contributed by atoms with E-state index in [1.807, 2.05) is 0 Å². The minimum absolute atomic E-state index is 0.0502. The molecule has 0 radical (unpaired) electrons. The SMILES string of the molecule is Cc1cnc(C(C)NS(=O)(=O)c2cccnc2N)o1. The number of hydrogen-bond donors (Lipinski definition) is 2. The molecule has 0 aliphatic rings. The van der Waals surface area contributed by atoms with Crippen molar-refractivity contribution in [3.63, 3.8) is 0 Å². The average Bonchev–Trinajstić information content (AvgIpc) is 2.76. The van der Waals surface area contributed by atoms with E-state index in [-0.39, 0.29) is 10.7 Å². The molecule has 2 aromatic heterocycles. The van der Waals surface area contributed by atoms with Crippen molar-refractivity contribution < 1.29 is 12.8 Å². The number of aryl methyl sites for hydroxylation is 1. The van der Waals surface area contributed by atoms with Crippen molar-refractivity contribution in [2.45, 2.75) is 24.8 Å². The number of oxazole rings is 1. The van der Waals surface area contributed by atoms with Gasteiger partial charge in [-0.2, -0.15) is 4.72 Å². The molecule has 0 aliphatic carbocycles. The Kier molecular flexibility index (Phi) is 3.54. The normalized spacial score (nSPS) is 13.4. The van der Waals surface area contributed by atoms with Crippen molar-refractivity contribution in [1.82, 2.24) is 14.7 Å². The van der Waals surface area contributed by atoms with Gasteiger partial charge >= 0.3 is 0 Å². The molecular formula is C11H14N4O3S. The summed E-state index contributed by atoms with van der Waals surface area (Å²) in [6.45, 7) is 3.37. The minimum Gasteiger partial charge on any atom is -0.444 e. The van der Waals surface area contributed by atoms with E-state index in [1.54, 1.807) is 13.8 Å². The van der Waals surface area contributed by atoms with Gasteiger partial charge in [-0.1, -0.05) is 0 Å². The van der Waals surface area contributed by atoms with Gasteiger partial charge in [0.15, 0.2) is 0 Å². The zero-order valence-electron chi connectivity index (χ0n) is 10.5. The van der Waals surface area contributed by atoms with Crippen LogP contribution in [0.2, 0.25) is 0 Å². The summed E-state index contributed by atoms with van der Waals surface area (Å²) in [5.41, 5.74) is 5.56. The summed E-state index contributed by atoms with van der Waals surface area (Å²) in [4.78, 5) is 7.66. The van der Waals surface area contributed by atoms with Gasteiger partial charge in [-0.3, -0.25) is 0 Å². The van der Waals surface area contributed by atoms with E-state index in [2.05, 4.69) is 14.7 Å². The molecule has 102 valence electrons. The van der Waals surface area contributed by atoms with Gasteiger partial charge in [-0.15, -0.1) is 0 Å². The molecule has 0 aromatic carbocycles. The summed E-state index contributed by atoms with van der Waals surface area (Å²) in [6.07, 6.45) is 2.95. The predicted octanol–water partition coefficient (Wildman–Crippen LogP) is 1.000. The number of anilines is 1. The highest BCUT2D eigenvalue weighted by atomic mass is 32.2. The number of nitrogens with one attached hydrogen (secondary N) is 1. The third-order valence-electron chi connectivity index (χ3n) is 2.43. The Hall–Kier alpha value is -1.93. The molecule has 2 rings (SSSR count). The van der Waals surface area contributed by atoms with Crippen LogP contribution in [-0.4, -0.2) is 18.4 Å². The fourth-order valence-electron chi connectivity index (χ4n) is 1.55. The second kappa shape index (κ2) is 4.98. The van der Waals surface area contributed by atoms with Gasteiger partial charge in [-0.05, 0) is 26.0 Å². The molecule has 8 heteroatoms. The van der Waals surface area contributed by atoms with Crippen LogP contribution in [0.4, 0.5) is 5.82 Å². The second-order valence-corrected chi connectivity index (χ2v) is 5.72. The smallest absolute Gasteiger partial charge is 0.244 e. The maximum Gasteiger partial charge on any atom is 0.244 e. The number of nitrogen functional groups attached to an aromatic ring is 1. The third kappa shape index (κ3) is 2.91. The van der Waals surface area contributed by atoms with Gasteiger partial charge in [0, 0.05) is 6.20 Å². The largest absolute Gasteiger partial charge is 0.444 e. The topological polar surface area (TPSA) is 111 Å². The zero-order valence-corrected chi connectivity index (χ0v) is 11.3. The Balaban J connectivity index is 2.25. The fourth-order valence-corrected chi connectivity index (χ4v) is 2.83. The van der Waals surface area contributed by atoms with E-state index >= 15 is 0 Å². The Labute approximate surface area is 110 Å². The summed E-state index contributed by atoms with van der Waals surface area (Å²) in [5.74, 6) is 0.858. The Morgan fingerprint density at radius 3 is 2.74 bits per heavy atom. The maximum absolute atomic E-state index is 12.1. The fraction of sp³-hybridized carbons (Fsp3) is 0.273. The molecule has 0 fully saturated rings. The summed E-state index contributed by atoms with van der Waals surface area (Å²) in [6, 6.07) is 2.29. The van der Waals surface area contributed by atoms with Crippen molar-refractivity contribution >= 4 is 15.8 Å².